The van der Waals surface area contributed by atoms with Crippen molar-refractivity contribution in [2.24, 2.45) is 11.7 Å². The molecule has 0 unspecified atom stereocenters. The van der Waals surface area contributed by atoms with Crippen LogP contribution in [0.2, 0.25) is 0 Å². The first-order chi connectivity index (χ1) is 9.91. The number of carbonyl (C=O) groups excluding carboxylic acids is 1. The second-order valence-corrected chi connectivity index (χ2v) is 6.58. The number of likely N-dealkylation sites (N-methyl/N-ethyl adjacent to an activating group) is 1. The summed E-state index contributed by atoms with van der Waals surface area (Å²) in [6.07, 6.45) is 0. The van der Waals surface area contributed by atoms with Gasteiger partial charge in [-0.1, -0.05) is 44.2 Å². The molecule has 0 spiro atoms. The molecule has 23 heavy (non-hydrogen) atoms. The van der Waals surface area contributed by atoms with Crippen LogP contribution in [-0.2, 0) is 4.79 Å². The van der Waals surface area contributed by atoms with Crippen molar-refractivity contribution in [2.45, 2.75) is 31.8 Å². The first kappa shape index (κ1) is 22.2. The Morgan fingerprint density at radius 3 is 2.22 bits per heavy atom. The predicted molar refractivity (Wildman–Crippen MR) is 101 cm³/mol. The topological polar surface area (TPSA) is 49.6 Å². The van der Waals surface area contributed by atoms with Gasteiger partial charge in [0.1, 0.15) is 0 Å². The monoisotopic (exact) mass is 361 g/mol. The molecule has 2 N–H and O–H groups in total. The number of halogens is 2. The van der Waals surface area contributed by atoms with Gasteiger partial charge in [0.15, 0.2) is 0 Å². The molecule has 1 aliphatic heterocycles. The molecule has 1 fully saturated rings. The van der Waals surface area contributed by atoms with Gasteiger partial charge in [-0.2, -0.15) is 0 Å². The fourth-order valence-corrected chi connectivity index (χ4v) is 3.35. The number of hydrogen-bond acceptors (Lipinski definition) is 3. The van der Waals surface area contributed by atoms with Crippen LogP contribution in [0, 0.1) is 5.92 Å². The summed E-state index contributed by atoms with van der Waals surface area (Å²) in [5.74, 6) is 0.730. The van der Waals surface area contributed by atoms with Gasteiger partial charge in [-0.25, -0.2) is 0 Å². The molecule has 1 aromatic rings. The fourth-order valence-electron chi connectivity index (χ4n) is 3.35. The van der Waals surface area contributed by atoms with Gasteiger partial charge >= 0.3 is 0 Å². The normalized spacial score (nSPS) is 21.8. The number of benzene rings is 1. The maximum atomic E-state index is 12.8. The Kier molecular flexibility index (Phi) is 9.14. The quantitative estimate of drug-likeness (QED) is 0.895. The predicted octanol–water partition coefficient (Wildman–Crippen LogP) is 2.37. The third kappa shape index (κ3) is 5.08. The highest BCUT2D eigenvalue weighted by Crippen LogP contribution is 2.27. The van der Waals surface area contributed by atoms with Gasteiger partial charge in [0.25, 0.3) is 0 Å². The molecule has 0 aromatic heterocycles. The number of rotatable bonds is 4. The van der Waals surface area contributed by atoms with Crippen molar-refractivity contribution in [3.63, 3.8) is 0 Å². The maximum Gasteiger partial charge on any atom is 0.240 e. The molecule has 2 rings (SSSR count). The molecular weight excluding hydrogens is 333 g/mol. The van der Waals surface area contributed by atoms with Crippen LogP contribution in [0.3, 0.4) is 0 Å². The third-order valence-electron chi connectivity index (χ3n) is 4.35. The van der Waals surface area contributed by atoms with Crippen LogP contribution >= 0.6 is 24.8 Å². The summed E-state index contributed by atoms with van der Waals surface area (Å²) in [6.45, 7) is 5.55. The van der Waals surface area contributed by atoms with Crippen LogP contribution in [0.1, 0.15) is 25.3 Å². The second kappa shape index (κ2) is 9.48. The molecule has 1 saturated heterocycles. The maximum absolute atomic E-state index is 12.8. The lowest BCUT2D eigenvalue weighted by Gasteiger charge is -2.30. The largest absolute Gasteiger partial charge is 0.339 e. The van der Waals surface area contributed by atoms with Crippen LogP contribution in [0.15, 0.2) is 30.3 Å². The van der Waals surface area contributed by atoms with Crippen molar-refractivity contribution in [3.8, 4) is 0 Å². The van der Waals surface area contributed by atoms with Crippen molar-refractivity contribution in [1.82, 2.24) is 9.80 Å². The molecule has 6 heteroatoms. The zero-order valence-electron chi connectivity index (χ0n) is 14.3. The summed E-state index contributed by atoms with van der Waals surface area (Å²) in [5.41, 5.74) is 7.51. The van der Waals surface area contributed by atoms with E-state index in [9.17, 15) is 4.79 Å². The van der Waals surface area contributed by atoms with Crippen molar-refractivity contribution in [3.05, 3.63) is 35.9 Å². The molecule has 4 nitrogen and oxygen atoms in total. The molecule has 0 bridgehead atoms. The van der Waals surface area contributed by atoms with E-state index in [0.29, 0.717) is 12.5 Å². The Morgan fingerprint density at radius 2 is 1.74 bits per heavy atom. The molecule has 1 aromatic carbocycles. The Morgan fingerprint density at radius 1 is 1.17 bits per heavy atom. The van der Waals surface area contributed by atoms with Gasteiger partial charge in [0.2, 0.25) is 5.91 Å². The number of hydrogen-bond donors (Lipinski definition) is 1. The second-order valence-electron chi connectivity index (χ2n) is 6.58. The molecular formula is C17H29Cl2N3O. The minimum Gasteiger partial charge on any atom is -0.339 e. The highest BCUT2D eigenvalue weighted by molar-refractivity contribution is 5.85. The molecule has 1 heterocycles. The smallest absolute Gasteiger partial charge is 0.240 e. The van der Waals surface area contributed by atoms with Crippen molar-refractivity contribution >= 4 is 30.7 Å². The molecule has 3 atom stereocenters. The summed E-state index contributed by atoms with van der Waals surface area (Å²) in [7, 11) is 3.93. The molecule has 0 aliphatic carbocycles. The Hall–Kier alpha value is -0.810. The van der Waals surface area contributed by atoms with Crippen LogP contribution in [0.25, 0.3) is 0 Å². The van der Waals surface area contributed by atoms with Gasteiger partial charge in [-0.15, -0.1) is 24.8 Å². The summed E-state index contributed by atoms with van der Waals surface area (Å²) < 4.78 is 0. The van der Waals surface area contributed by atoms with Gasteiger partial charge in [-0.3, -0.25) is 9.69 Å². The lowest BCUT2D eigenvalue weighted by atomic mass is 9.95. The number of likely N-dealkylation sites (tertiary alicyclic amines) is 1. The lowest BCUT2D eigenvalue weighted by molar-refractivity contribution is -0.136. The first-order valence-electron chi connectivity index (χ1n) is 7.67. The number of nitrogens with two attached hydrogens (primary N) is 1. The van der Waals surface area contributed by atoms with E-state index in [-0.39, 0.29) is 48.7 Å². The highest BCUT2D eigenvalue weighted by atomic mass is 35.5. The zero-order chi connectivity index (χ0) is 15.6. The van der Waals surface area contributed by atoms with E-state index in [2.05, 4.69) is 26.0 Å². The highest BCUT2D eigenvalue weighted by Gasteiger charge is 2.37. The van der Waals surface area contributed by atoms with E-state index in [1.54, 1.807) is 0 Å². The average Bonchev–Trinajstić information content (AvgIpc) is 2.81. The van der Waals surface area contributed by atoms with Crippen molar-refractivity contribution in [1.29, 1.82) is 0 Å². The van der Waals surface area contributed by atoms with Gasteiger partial charge in [0.05, 0.1) is 6.04 Å². The Labute approximate surface area is 152 Å². The third-order valence-corrected chi connectivity index (χ3v) is 4.35. The lowest BCUT2D eigenvalue weighted by Crippen LogP contribution is -2.48. The average molecular weight is 362 g/mol. The minimum atomic E-state index is -0.0771. The standard InChI is InChI=1S/C17H27N3O.2ClH/c1-12(2)16(19(3)4)17(21)20-10-14(15(18)11-20)13-8-6-5-7-9-13;;/h5-9,12,14-16H,10-11,18H2,1-4H3;2*1H/t14-,15+,16-;;/m0../s1. The molecule has 0 saturated carbocycles. The number of carbonyl (C=O) groups is 1. The Balaban J connectivity index is 0.00000242. The van der Waals surface area contributed by atoms with Crippen LogP contribution < -0.4 is 5.73 Å². The van der Waals surface area contributed by atoms with Crippen molar-refractivity contribution < 1.29 is 4.79 Å². The van der Waals surface area contributed by atoms with E-state index in [4.69, 9.17) is 5.73 Å². The Bertz CT molecular complexity index is 474. The summed E-state index contributed by atoms with van der Waals surface area (Å²) >= 11 is 0. The van der Waals surface area contributed by atoms with E-state index in [0.717, 1.165) is 6.54 Å². The van der Waals surface area contributed by atoms with Crippen LogP contribution in [0.5, 0.6) is 0 Å². The summed E-state index contributed by atoms with van der Waals surface area (Å²) in [6, 6.07) is 10.2. The van der Waals surface area contributed by atoms with E-state index >= 15 is 0 Å². The van der Waals surface area contributed by atoms with Gasteiger partial charge in [-0.05, 0) is 25.6 Å². The summed E-state index contributed by atoms with van der Waals surface area (Å²) in [5, 5.41) is 0. The zero-order valence-corrected chi connectivity index (χ0v) is 15.9. The molecule has 1 aliphatic rings. The summed E-state index contributed by atoms with van der Waals surface area (Å²) in [4.78, 5) is 16.7. The first-order valence-corrected chi connectivity index (χ1v) is 7.67. The fraction of sp³-hybridized carbons (Fsp3) is 0.588. The van der Waals surface area contributed by atoms with Crippen LogP contribution in [-0.4, -0.2) is 55.0 Å². The number of amides is 1. The van der Waals surface area contributed by atoms with Gasteiger partial charge < -0.3 is 10.6 Å². The molecule has 1 amide bonds. The van der Waals surface area contributed by atoms with Crippen molar-refractivity contribution in [2.75, 3.05) is 27.2 Å². The van der Waals surface area contributed by atoms with E-state index in [1.807, 2.05) is 42.1 Å². The van der Waals surface area contributed by atoms with Gasteiger partial charge in [0, 0.05) is 25.0 Å². The SMILES string of the molecule is CC(C)[C@@H](C(=O)N1C[C@@H](N)[C@H](c2ccccc2)C1)N(C)C.Cl.Cl. The molecule has 132 valence electrons. The minimum absolute atomic E-state index is 0. The number of nitrogens with zero attached hydrogens (tertiary/aromatic N) is 2. The van der Waals surface area contributed by atoms with E-state index < -0.39 is 0 Å². The van der Waals surface area contributed by atoms with Crippen LogP contribution in [0.4, 0.5) is 0 Å². The van der Waals surface area contributed by atoms with E-state index in [1.165, 1.54) is 5.56 Å². The molecule has 0 radical (unpaired) electrons.